The van der Waals surface area contributed by atoms with Crippen molar-refractivity contribution in [2.75, 3.05) is 24.7 Å². The summed E-state index contributed by atoms with van der Waals surface area (Å²) in [4.78, 5) is 20.5. The van der Waals surface area contributed by atoms with Crippen LogP contribution < -0.4 is 10.1 Å². The van der Waals surface area contributed by atoms with E-state index in [2.05, 4.69) is 25.3 Å². The highest BCUT2D eigenvalue weighted by atomic mass is 35.5. The first-order valence-corrected chi connectivity index (χ1v) is 13.1. The van der Waals surface area contributed by atoms with Crippen LogP contribution in [-0.4, -0.2) is 63.1 Å². The van der Waals surface area contributed by atoms with Crippen LogP contribution in [0.15, 0.2) is 36.9 Å². The van der Waals surface area contributed by atoms with Gasteiger partial charge in [-0.1, -0.05) is 23.7 Å². The number of hydrogen-bond donors (Lipinski definition) is 2. The molecule has 1 unspecified atom stereocenters. The van der Waals surface area contributed by atoms with Crippen molar-refractivity contribution in [2.45, 2.75) is 31.9 Å². The predicted molar refractivity (Wildman–Crippen MR) is 131 cm³/mol. The molecular formula is C22H24ClN7O3S. The minimum absolute atomic E-state index is 0.157. The first kappa shape index (κ1) is 22.8. The van der Waals surface area contributed by atoms with Crippen molar-refractivity contribution in [1.82, 2.24) is 29.2 Å². The molecule has 0 bridgehead atoms. The van der Waals surface area contributed by atoms with Gasteiger partial charge in [0.15, 0.2) is 11.5 Å². The zero-order valence-electron chi connectivity index (χ0n) is 18.7. The molecule has 5 rings (SSSR count). The minimum atomic E-state index is -3.21. The van der Waals surface area contributed by atoms with Crippen molar-refractivity contribution in [2.24, 2.45) is 0 Å². The van der Waals surface area contributed by atoms with Gasteiger partial charge >= 0.3 is 0 Å². The molecule has 1 atom stereocenters. The maximum absolute atomic E-state index is 11.8. The third-order valence-corrected chi connectivity index (χ3v) is 7.58. The molecule has 0 amide bonds. The number of rotatable bonds is 6. The summed E-state index contributed by atoms with van der Waals surface area (Å²) < 4.78 is 31.5. The second kappa shape index (κ2) is 8.97. The van der Waals surface area contributed by atoms with Gasteiger partial charge in [0, 0.05) is 13.1 Å². The predicted octanol–water partition coefficient (Wildman–Crippen LogP) is 3.53. The molecule has 0 radical (unpaired) electrons. The maximum atomic E-state index is 11.8. The van der Waals surface area contributed by atoms with E-state index in [-0.39, 0.29) is 12.1 Å². The summed E-state index contributed by atoms with van der Waals surface area (Å²) in [5.41, 5.74) is 2.05. The lowest BCUT2D eigenvalue weighted by Gasteiger charge is -2.30. The standard InChI is InChI=1S/C22H24ClN7O3S/c1-13(28-21-19-20(25-11-24-19)26-12-27-21)17-10-14-4-3-5-16(23)18(14)22(29-17)33-15-6-8-30(9-7-15)34(2,31)32/h3-5,10-13,15H,6-9H2,1-2H3,(H2,24,25,26,27,28). The Kier molecular flexibility index (Phi) is 6.00. The van der Waals surface area contributed by atoms with Gasteiger partial charge in [0.25, 0.3) is 0 Å². The molecule has 0 spiro atoms. The number of benzene rings is 1. The van der Waals surface area contributed by atoms with Crippen LogP contribution >= 0.6 is 11.6 Å². The summed E-state index contributed by atoms with van der Waals surface area (Å²) in [6, 6.07) is 7.43. The monoisotopic (exact) mass is 501 g/mol. The first-order chi connectivity index (χ1) is 16.3. The number of nitrogens with one attached hydrogen (secondary N) is 2. The largest absolute Gasteiger partial charge is 0.474 e. The van der Waals surface area contributed by atoms with Crippen molar-refractivity contribution in [3.05, 3.63) is 47.6 Å². The number of pyridine rings is 1. The molecule has 34 heavy (non-hydrogen) atoms. The van der Waals surface area contributed by atoms with Gasteiger partial charge < -0.3 is 15.0 Å². The number of aromatic nitrogens is 5. The second-order valence-corrected chi connectivity index (χ2v) is 10.7. The maximum Gasteiger partial charge on any atom is 0.223 e. The number of halogens is 1. The third kappa shape index (κ3) is 4.50. The van der Waals surface area contributed by atoms with E-state index >= 15 is 0 Å². The van der Waals surface area contributed by atoms with Crippen LogP contribution in [0.1, 0.15) is 31.5 Å². The third-order valence-electron chi connectivity index (χ3n) is 5.96. The van der Waals surface area contributed by atoms with Crippen LogP contribution in [-0.2, 0) is 10.0 Å². The van der Waals surface area contributed by atoms with Gasteiger partial charge in [-0.05, 0) is 37.3 Å². The Morgan fingerprint density at radius 1 is 1.24 bits per heavy atom. The van der Waals surface area contributed by atoms with Crippen LogP contribution in [0.3, 0.4) is 0 Å². The van der Waals surface area contributed by atoms with Crippen molar-refractivity contribution in [3.63, 3.8) is 0 Å². The fourth-order valence-corrected chi connectivity index (χ4v) is 5.29. The number of imidazole rings is 1. The van der Waals surface area contributed by atoms with Crippen LogP contribution in [0.2, 0.25) is 5.02 Å². The van der Waals surface area contributed by atoms with E-state index in [1.807, 2.05) is 31.2 Å². The Hall–Kier alpha value is -3.02. The molecule has 4 aromatic rings. The number of aromatic amines is 1. The lowest BCUT2D eigenvalue weighted by Crippen LogP contribution is -2.41. The van der Waals surface area contributed by atoms with E-state index < -0.39 is 10.0 Å². The molecule has 1 aliphatic heterocycles. The van der Waals surface area contributed by atoms with Gasteiger partial charge in [0.2, 0.25) is 15.9 Å². The second-order valence-electron chi connectivity index (χ2n) is 8.36. The van der Waals surface area contributed by atoms with Gasteiger partial charge in [-0.25, -0.2) is 32.7 Å². The Balaban J connectivity index is 1.44. The molecule has 4 heterocycles. The van der Waals surface area contributed by atoms with E-state index in [1.165, 1.54) is 16.9 Å². The van der Waals surface area contributed by atoms with E-state index in [9.17, 15) is 8.42 Å². The van der Waals surface area contributed by atoms with Crippen molar-refractivity contribution in [1.29, 1.82) is 0 Å². The molecule has 0 aliphatic carbocycles. The van der Waals surface area contributed by atoms with E-state index in [1.54, 1.807) is 6.33 Å². The number of hydrogen-bond acceptors (Lipinski definition) is 8. The molecule has 12 heteroatoms. The van der Waals surface area contributed by atoms with E-state index in [4.69, 9.17) is 21.3 Å². The molecule has 1 aliphatic rings. The van der Waals surface area contributed by atoms with E-state index in [0.29, 0.717) is 53.8 Å². The first-order valence-electron chi connectivity index (χ1n) is 10.9. The van der Waals surface area contributed by atoms with Crippen molar-refractivity contribution in [3.8, 4) is 5.88 Å². The number of piperidine rings is 1. The topological polar surface area (TPSA) is 126 Å². The average molecular weight is 502 g/mol. The number of anilines is 1. The SMILES string of the molecule is CC(Nc1ncnc2nc[nH]c12)c1cc2cccc(Cl)c2c(OC2CCN(S(C)(=O)=O)CC2)n1. The molecule has 3 aromatic heterocycles. The van der Waals surface area contributed by atoms with Crippen LogP contribution in [0.4, 0.5) is 5.82 Å². The lowest BCUT2D eigenvalue weighted by atomic mass is 10.1. The van der Waals surface area contributed by atoms with Crippen LogP contribution in [0.5, 0.6) is 5.88 Å². The Labute approximate surface area is 201 Å². The summed E-state index contributed by atoms with van der Waals surface area (Å²) in [5.74, 6) is 1.07. The number of nitrogens with zero attached hydrogens (tertiary/aromatic N) is 5. The van der Waals surface area contributed by atoms with E-state index in [0.717, 1.165) is 16.5 Å². The highest BCUT2D eigenvalue weighted by Crippen LogP contribution is 2.35. The summed E-state index contributed by atoms with van der Waals surface area (Å²) >= 11 is 6.53. The highest BCUT2D eigenvalue weighted by Gasteiger charge is 2.27. The van der Waals surface area contributed by atoms with Crippen LogP contribution in [0.25, 0.3) is 21.9 Å². The normalized spacial score (nSPS) is 16.7. The molecule has 0 saturated carbocycles. The number of fused-ring (bicyclic) bond motifs is 2. The summed E-state index contributed by atoms with van der Waals surface area (Å²) in [5, 5.41) is 5.57. The smallest absolute Gasteiger partial charge is 0.223 e. The van der Waals surface area contributed by atoms with Gasteiger partial charge in [0.1, 0.15) is 17.9 Å². The summed E-state index contributed by atoms with van der Waals surface area (Å²) in [7, 11) is -3.21. The minimum Gasteiger partial charge on any atom is -0.474 e. The average Bonchev–Trinajstić information content (AvgIpc) is 3.29. The zero-order valence-corrected chi connectivity index (χ0v) is 20.3. The van der Waals surface area contributed by atoms with Gasteiger partial charge in [0.05, 0.1) is 34.7 Å². The Bertz CT molecular complexity index is 1450. The van der Waals surface area contributed by atoms with Gasteiger partial charge in [-0.3, -0.25) is 0 Å². The number of sulfonamides is 1. The summed E-state index contributed by atoms with van der Waals surface area (Å²) in [6.45, 7) is 2.82. The van der Waals surface area contributed by atoms with Gasteiger partial charge in [-0.15, -0.1) is 0 Å². The van der Waals surface area contributed by atoms with Crippen LogP contribution in [0, 0.1) is 0 Å². The quantitative estimate of drug-likeness (QED) is 0.411. The number of ether oxygens (including phenoxy) is 1. The lowest BCUT2D eigenvalue weighted by molar-refractivity contribution is 0.132. The van der Waals surface area contributed by atoms with Crippen molar-refractivity contribution >= 4 is 49.4 Å². The fraction of sp³-hybridized carbons (Fsp3) is 0.364. The molecule has 1 saturated heterocycles. The molecule has 1 fully saturated rings. The molecule has 178 valence electrons. The summed E-state index contributed by atoms with van der Waals surface area (Å²) in [6.07, 6.45) is 5.27. The number of H-pyrrole nitrogens is 1. The van der Waals surface area contributed by atoms with Gasteiger partial charge in [-0.2, -0.15) is 0 Å². The molecule has 2 N–H and O–H groups in total. The molecular weight excluding hydrogens is 478 g/mol. The molecule has 10 nitrogen and oxygen atoms in total. The Morgan fingerprint density at radius 2 is 2.03 bits per heavy atom. The Morgan fingerprint density at radius 3 is 2.79 bits per heavy atom. The highest BCUT2D eigenvalue weighted by molar-refractivity contribution is 7.88. The molecule has 1 aromatic carbocycles. The fourth-order valence-electron chi connectivity index (χ4n) is 4.15. The van der Waals surface area contributed by atoms with Crippen molar-refractivity contribution < 1.29 is 13.2 Å². The zero-order chi connectivity index (χ0) is 23.9.